The van der Waals surface area contributed by atoms with Crippen LogP contribution < -0.4 is 14.7 Å². The molecule has 6 nitrogen and oxygen atoms in total. The third-order valence-electron chi connectivity index (χ3n) is 9.01. The molecule has 0 bridgehead atoms. The molecule has 39 heavy (non-hydrogen) atoms. The fourth-order valence-electron chi connectivity index (χ4n) is 6.83. The maximum absolute atomic E-state index is 13.5. The molecule has 1 aromatic heterocycles. The van der Waals surface area contributed by atoms with E-state index in [1.54, 1.807) is 16.2 Å². The van der Waals surface area contributed by atoms with E-state index in [1.165, 1.54) is 44.0 Å². The second-order valence-electron chi connectivity index (χ2n) is 11.4. The van der Waals surface area contributed by atoms with E-state index in [-0.39, 0.29) is 17.9 Å². The number of amides is 2. The normalized spacial score (nSPS) is 25.3. The number of hydrogen-bond acceptors (Lipinski definition) is 4. The highest BCUT2D eigenvalue weighted by Crippen LogP contribution is 2.32. The Morgan fingerprint density at radius 1 is 0.872 bits per heavy atom. The van der Waals surface area contributed by atoms with E-state index in [4.69, 9.17) is 4.98 Å². The highest BCUT2D eigenvalue weighted by Gasteiger charge is 2.47. The van der Waals surface area contributed by atoms with Crippen molar-refractivity contribution in [2.24, 2.45) is 0 Å². The summed E-state index contributed by atoms with van der Waals surface area (Å²) in [6.45, 7) is 6.11. The van der Waals surface area contributed by atoms with Gasteiger partial charge in [0.05, 0.1) is 28.4 Å². The molecule has 1 aliphatic carbocycles. The molecule has 198 valence electrons. The van der Waals surface area contributed by atoms with Crippen molar-refractivity contribution in [3.05, 3.63) is 83.4 Å². The van der Waals surface area contributed by atoms with Gasteiger partial charge in [0, 0.05) is 18.4 Å². The number of imide groups is 1. The first-order valence-electron chi connectivity index (χ1n) is 14.1. The lowest BCUT2D eigenvalue weighted by Gasteiger charge is -2.37. The minimum absolute atomic E-state index is 0.0479. The first-order valence-corrected chi connectivity index (χ1v) is 15.0. The number of rotatable bonds is 4. The molecule has 0 radical (unpaired) electrons. The van der Waals surface area contributed by atoms with Crippen LogP contribution in [0.3, 0.4) is 0 Å². The SMILES string of the molecule is Cc1ccc2nc(-c3ccc(N4C(=O)C[C@H]([NH+]5CC[NH+]([C@@H]6CCc7ccccc7C6)CC5)C4=O)cc3)sc2c1. The smallest absolute Gasteiger partial charge is 0.292 e. The van der Waals surface area contributed by atoms with Crippen LogP contribution in [0.1, 0.15) is 29.5 Å². The average molecular weight is 539 g/mol. The highest BCUT2D eigenvalue weighted by atomic mass is 32.1. The predicted octanol–water partition coefficient (Wildman–Crippen LogP) is 2.24. The van der Waals surface area contributed by atoms with Crippen LogP contribution in [0.15, 0.2) is 66.7 Å². The van der Waals surface area contributed by atoms with Crippen molar-refractivity contribution in [2.45, 2.75) is 44.7 Å². The molecule has 3 aliphatic rings. The lowest BCUT2D eigenvalue weighted by molar-refractivity contribution is -1.03. The molecule has 3 aromatic carbocycles. The van der Waals surface area contributed by atoms with Crippen LogP contribution in [-0.4, -0.2) is 55.1 Å². The molecule has 4 aromatic rings. The Bertz CT molecular complexity index is 1550. The van der Waals surface area contributed by atoms with Crippen LogP contribution in [0.5, 0.6) is 0 Å². The third kappa shape index (κ3) is 4.58. The van der Waals surface area contributed by atoms with Crippen molar-refractivity contribution in [3.8, 4) is 10.6 Å². The largest absolute Gasteiger partial charge is 0.323 e. The number of hydrogen-bond donors (Lipinski definition) is 2. The fourth-order valence-corrected chi connectivity index (χ4v) is 7.90. The fraction of sp³-hybridized carbons (Fsp3) is 0.344. The quantitative estimate of drug-likeness (QED) is 0.392. The number of anilines is 1. The summed E-state index contributed by atoms with van der Waals surface area (Å²) in [5.41, 5.74) is 6.90. The topological polar surface area (TPSA) is 59.1 Å². The molecule has 2 saturated heterocycles. The van der Waals surface area contributed by atoms with Gasteiger partial charge in [-0.05, 0) is 66.4 Å². The first-order chi connectivity index (χ1) is 19.0. The molecular weight excluding hydrogens is 504 g/mol. The molecule has 2 amide bonds. The summed E-state index contributed by atoms with van der Waals surface area (Å²) >= 11 is 1.67. The second kappa shape index (κ2) is 9.97. The molecule has 7 rings (SSSR count). The van der Waals surface area contributed by atoms with Gasteiger partial charge < -0.3 is 9.80 Å². The predicted molar refractivity (Wildman–Crippen MR) is 154 cm³/mol. The summed E-state index contributed by atoms with van der Waals surface area (Å²) in [6, 6.07) is 23.3. The zero-order valence-electron chi connectivity index (χ0n) is 22.3. The lowest BCUT2D eigenvalue weighted by atomic mass is 9.87. The van der Waals surface area contributed by atoms with E-state index < -0.39 is 0 Å². The van der Waals surface area contributed by atoms with Crippen LogP contribution in [0, 0.1) is 6.92 Å². The zero-order valence-corrected chi connectivity index (χ0v) is 23.1. The summed E-state index contributed by atoms with van der Waals surface area (Å²) in [5, 5.41) is 0.949. The van der Waals surface area contributed by atoms with Crippen LogP contribution in [0.25, 0.3) is 20.8 Å². The van der Waals surface area contributed by atoms with Crippen LogP contribution in [0.2, 0.25) is 0 Å². The maximum Gasteiger partial charge on any atom is 0.292 e. The molecule has 3 heterocycles. The minimum Gasteiger partial charge on any atom is -0.323 e. The van der Waals surface area contributed by atoms with Gasteiger partial charge in [-0.3, -0.25) is 9.59 Å². The summed E-state index contributed by atoms with van der Waals surface area (Å²) in [6.07, 6.45) is 3.87. The Hall–Kier alpha value is -3.39. The van der Waals surface area contributed by atoms with E-state index in [9.17, 15) is 9.59 Å². The number of thiazole rings is 1. The molecule has 2 N–H and O–H groups in total. The van der Waals surface area contributed by atoms with Crippen LogP contribution >= 0.6 is 11.3 Å². The van der Waals surface area contributed by atoms with Crippen molar-refractivity contribution >= 4 is 39.1 Å². The van der Waals surface area contributed by atoms with Gasteiger partial charge in [-0.2, -0.15) is 0 Å². The Morgan fingerprint density at radius 2 is 1.62 bits per heavy atom. The Kier molecular flexibility index (Phi) is 6.30. The molecule has 0 saturated carbocycles. The van der Waals surface area contributed by atoms with Gasteiger partial charge >= 0.3 is 0 Å². The number of piperazine rings is 1. The monoisotopic (exact) mass is 538 g/mol. The van der Waals surface area contributed by atoms with E-state index in [2.05, 4.69) is 49.4 Å². The number of benzene rings is 3. The van der Waals surface area contributed by atoms with Gasteiger partial charge in [0.25, 0.3) is 5.91 Å². The zero-order chi connectivity index (χ0) is 26.5. The Labute approximate surface area is 232 Å². The van der Waals surface area contributed by atoms with Gasteiger partial charge in [0.2, 0.25) is 5.91 Å². The van der Waals surface area contributed by atoms with Crippen molar-refractivity contribution in [1.82, 2.24) is 4.98 Å². The molecule has 2 aliphatic heterocycles. The Morgan fingerprint density at radius 3 is 2.41 bits per heavy atom. The average Bonchev–Trinajstić information content (AvgIpc) is 3.52. The highest BCUT2D eigenvalue weighted by molar-refractivity contribution is 7.21. The van der Waals surface area contributed by atoms with Gasteiger partial charge in [-0.1, -0.05) is 30.3 Å². The molecule has 2 atom stereocenters. The summed E-state index contributed by atoms with van der Waals surface area (Å²) in [5.74, 6) is -0.132. The summed E-state index contributed by atoms with van der Waals surface area (Å²) < 4.78 is 1.17. The van der Waals surface area contributed by atoms with Crippen molar-refractivity contribution in [3.63, 3.8) is 0 Å². The summed E-state index contributed by atoms with van der Waals surface area (Å²) in [4.78, 5) is 35.7. The van der Waals surface area contributed by atoms with E-state index in [0.717, 1.165) is 48.7 Å². The van der Waals surface area contributed by atoms with E-state index in [0.29, 0.717) is 18.2 Å². The number of carbonyl (C=O) groups is 2. The van der Waals surface area contributed by atoms with Crippen molar-refractivity contribution in [2.75, 3.05) is 31.1 Å². The van der Waals surface area contributed by atoms with Crippen molar-refractivity contribution < 1.29 is 19.4 Å². The first kappa shape index (κ1) is 24.6. The number of quaternary nitrogens is 2. The molecular formula is C32H34N4O2S+2. The second-order valence-corrected chi connectivity index (χ2v) is 12.4. The summed E-state index contributed by atoms with van der Waals surface area (Å²) in [7, 11) is 0. The van der Waals surface area contributed by atoms with Gasteiger partial charge in [0.1, 0.15) is 31.2 Å². The van der Waals surface area contributed by atoms with Crippen LogP contribution in [0.4, 0.5) is 5.69 Å². The van der Waals surface area contributed by atoms with E-state index in [1.807, 2.05) is 24.3 Å². The number of fused-ring (bicyclic) bond motifs is 2. The number of carbonyl (C=O) groups excluding carboxylic acids is 2. The number of nitrogens with one attached hydrogen (secondary N) is 2. The van der Waals surface area contributed by atoms with Crippen molar-refractivity contribution in [1.29, 1.82) is 0 Å². The molecule has 0 unspecified atom stereocenters. The standard InChI is InChI=1S/C32H32N4O2S/c1-21-6-13-27-29(18-21)39-31(33-27)23-8-10-25(11-9-23)36-30(37)20-28(32(36)38)35-16-14-34(15-17-35)26-12-7-22-4-2-3-5-24(22)19-26/h2-6,8-11,13,18,26,28H,7,12,14-17,19-20H2,1H3/p+2/t26-,28+/m1/s1. The van der Waals surface area contributed by atoms with Gasteiger partial charge in [0.15, 0.2) is 6.04 Å². The maximum atomic E-state index is 13.5. The minimum atomic E-state index is -0.265. The Balaban J connectivity index is 1.01. The van der Waals surface area contributed by atoms with Gasteiger partial charge in [-0.15, -0.1) is 11.3 Å². The molecule has 2 fully saturated rings. The number of aromatic nitrogens is 1. The number of aryl methyl sites for hydroxylation is 2. The molecule has 0 spiro atoms. The molecule has 7 heteroatoms. The third-order valence-corrected chi connectivity index (χ3v) is 10.1. The lowest BCUT2D eigenvalue weighted by Crippen LogP contribution is -3.31. The van der Waals surface area contributed by atoms with Gasteiger partial charge in [-0.25, -0.2) is 9.88 Å². The number of nitrogens with zero attached hydrogens (tertiary/aromatic N) is 2. The van der Waals surface area contributed by atoms with Crippen LogP contribution in [-0.2, 0) is 22.4 Å². The van der Waals surface area contributed by atoms with E-state index >= 15 is 0 Å².